The quantitative estimate of drug-likeness (QED) is 0.297. The number of alkyl carbamates (subject to hydrolysis) is 1. The molecule has 1 saturated carbocycles. The van der Waals surface area contributed by atoms with Crippen molar-refractivity contribution in [3.8, 4) is 17.4 Å². The molecule has 3 aromatic rings. The number of amides is 1. The summed E-state index contributed by atoms with van der Waals surface area (Å²) in [6.45, 7) is 10.0. The molecule has 1 amide bonds. The first-order valence-electron chi connectivity index (χ1n) is 12.3. The molecule has 0 saturated heterocycles. The summed E-state index contributed by atoms with van der Waals surface area (Å²) in [7, 11) is 0. The van der Waals surface area contributed by atoms with Gasteiger partial charge in [-0.25, -0.2) is 14.2 Å². The van der Waals surface area contributed by atoms with Crippen molar-refractivity contribution in [1.29, 1.82) is 0 Å². The number of pyridine rings is 1. The molecule has 1 aliphatic rings. The van der Waals surface area contributed by atoms with Gasteiger partial charge in [0.05, 0.1) is 0 Å². The molecule has 0 aliphatic heterocycles. The van der Waals surface area contributed by atoms with E-state index in [0.29, 0.717) is 23.2 Å². The molecule has 0 spiro atoms. The number of aromatic nitrogens is 1. The molecule has 0 unspecified atom stereocenters. The van der Waals surface area contributed by atoms with Crippen LogP contribution in [0, 0.1) is 5.82 Å². The van der Waals surface area contributed by atoms with Gasteiger partial charge in [-0.05, 0) is 84.2 Å². The fourth-order valence-electron chi connectivity index (χ4n) is 4.03. The summed E-state index contributed by atoms with van der Waals surface area (Å²) in [6, 6.07) is 18.5. The van der Waals surface area contributed by atoms with Gasteiger partial charge in [0.25, 0.3) is 5.88 Å². The third-order valence-electron chi connectivity index (χ3n) is 6.25. The zero-order valence-corrected chi connectivity index (χ0v) is 23.3. The monoisotopic (exact) mass is 570 g/mol. The number of nitrogens with zero attached hydrogens (tertiary/aromatic N) is 1. The normalized spacial score (nSPS) is 17.5. The highest BCUT2D eigenvalue weighted by atomic mass is 79.9. The fourth-order valence-corrected chi connectivity index (χ4v) is 4.32. The summed E-state index contributed by atoms with van der Waals surface area (Å²) in [5.74, 6) is 0.696. The molecular formula is C29H32BrFN2O4. The van der Waals surface area contributed by atoms with Gasteiger partial charge in [-0.2, -0.15) is 0 Å². The summed E-state index contributed by atoms with van der Waals surface area (Å²) in [5, 5.41) is 2.81. The first-order valence-corrected chi connectivity index (χ1v) is 13.0. The minimum atomic E-state index is -0.522. The van der Waals surface area contributed by atoms with E-state index in [1.165, 1.54) is 12.1 Å². The van der Waals surface area contributed by atoms with Crippen LogP contribution in [0.25, 0.3) is 0 Å². The smallest absolute Gasteiger partial charge is 0.407 e. The molecule has 4 rings (SSSR count). The van der Waals surface area contributed by atoms with Crippen molar-refractivity contribution >= 4 is 22.0 Å². The number of halogens is 2. The van der Waals surface area contributed by atoms with Crippen LogP contribution in [-0.4, -0.2) is 28.8 Å². The van der Waals surface area contributed by atoms with Crippen molar-refractivity contribution in [2.75, 3.05) is 0 Å². The van der Waals surface area contributed by atoms with E-state index in [1.807, 2.05) is 57.2 Å². The van der Waals surface area contributed by atoms with Crippen molar-refractivity contribution in [3.05, 3.63) is 82.2 Å². The lowest BCUT2D eigenvalue weighted by molar-refractivity contribution is -0.0243. The zero-order valence-electron chi connectivity index (χ0n) is 21.7. The molecule has 1 heterocycles. The van der Waals surface area contributed by atoms with Gasteiger partial charge >= 0.3 is 6.09 Å². The summed E-state index contributed by atoms with van der Waals surface area (Å²) < 4.78 is 31.6. The minimum absolute atomic E-state index is 0.0309. The summed E-state index contributed by atoms with van der Waals surface area (Å²) in [5.41, 5.74) is 1.62. The maximum absolute atomic E-state index is 14.0. The van der Waals surface area contributed by atoms with E-state index in [0.717, 1.165) is 16.9 Å². The number of carbonyl (C=O) groups excluding carboxylic acids is 1. The number of hydrogen-bond donors (Lipinski definition) is 1. The second kappa shape index (κ2) is 10.7. The average Bonchev–Trinajstić information content (AvgIpc) is 2.79. The van der Waals surface area contributed by atoms with Crippen molar-refractivity contribution in [2.24, 2.45) is 0 Å². The second-order valence-corrected chi connectivity index (χ2v) is 11.6. The molecule has 0 bridgehead atoms. The summed E-state index contributed by atoms with van der Waals surface area (Å²) in [4.78, 5) is 15.9. The molecule has 1 N–H and O–H groups in total. The number of benzene rings is 2. The van der Waals surface area contributed by atoms with Gasteiger partial charge in [0.1, 0.15) is 28.3 Å². The maximum atomic E-state index is 14.0. The molecule has 37 heavy (non-hydrogen) atoms. The molecule has 2 aromatic carbocycles. The third-order valence-corrected chi connectivity index (χ3v) is 6.69. The Bertz CT molecular complexity index is 1230. The largest absolute Gasteiger partial charge is 0.490 e. The maximum Gasteiger partial charge on any atom is 0.407 e. The highest BCUT2D eigenvalue weighted by Crippen LogP contribution is 2.35. The lowest BCUT2D eigenvalue weighted by Crippen LogP contribution is -2.46. The number of ether oxygens (including phenoxy) is 3. The van der Waals surface area contributed by atoms with Crippen LogP contribution in [0.15, 0.2) is 65.3 Å². The molecular weight excluding hydrogens is 539 g/mol. The number of carbonyl (C=O) groups is 1. The van der Waals surface area contributed by atoms with Crippen LogP contribution in [0.4, 0.5) is 9.18 Å². The fraction of sp³-hybridized carbons (Fsp3) is 0.379. The number of hydrogen-bond acceptors (Lipinski definition) is 5. The van der Waals surface area contributed by atoms with Gasteiger partial charge < -0.3 is 19.5 Å². The highest BCUT2D eigenvalue weighted by molar-refractivity contribution is 9.10. The third kappa shape index (κ3) is 7.01. The Kier molecular flexibility index (Phi) is 7.78. The molecule has 6 nitrogen and oxygen atoms in total. The van der Waals surface area contributed by atoms with Gasteiger partial charge in [-0.3, -0.25) is 0 Å². The summed E-state index contributed by atoms with van der Waals surface area (Å²) in [6.07, 6.45) is 0.882. The Morgan fingerprint density at radius 2 is 1.46 bits per heavy atom. The van der Waals surface area contributed by atoms with Gasteiger partial charge in [0, 0.05) is 23.8 Å². The predicted octanol–water partition coefficient (Wildman–Crippen LogP) is 7.54. The van der Waals surface area contributed by atoms with Crippen LogP contribution in [-0.2, 0) is 10.2 Å². The molecule has 8 heteroatoms. The zero-order chi connectivity index (χ0) is 26.8. The Balaban J connectivity index is 1.32. The topological polar surface area (TPSA) is 69.7 Å². The van der Waals surface area contributed by atoms with E-state index in [9.17, 15) is 9.18 Å². The molecule has 1 fully saturated rings. The van der Waals surface area contributed by atoms with E-state index < -0.39 is 5.82 Å². The molecule has 196 valence electrons. The average molecular weight is 571 g/mol. The van der Waals surface area contributed by atoms with E-state index in [2.05, 4.69) is 52.2 Å². The molecule has 1 aromatic heterocycles. The Morgan fingerprint density at radius 3 is 2.03 bits per heavy atom. The SMILES string of the molecule is CC(C)(C)NC(=O)OC1CC(Oc2ccc(C(C)(C)c3ccc(Oc4nc(Br)ccc4F)cc3)cc2)C1. The van der Waals surface area contributed by atoms with E-state index in [1.54, 1.807) is 0 Å². The van der Waals surface area contributed by atoms with Crippen LogP contribution < -0.4 is 14.8 Å². The number of nitrogens with one attached hydrogen (secondary N) is 1. The first kappa shape index (κ1) is 26.9. The van der Waals surface area contributed by atoms with Crippen molar-refractivity contribution in [1.82, 2.24) is 10.3 Å². The van der Waals surface area contributed by atoms with Gasteiger partial charge in [0.15, 0.2) is 5.82 Å². The standard InChI is InChI=1S/C29H32BrFN2O4/c1-28(2,3)33-27(34)37-23-16-22(17-23)35-20-10-6-18(7-11-20)29(4,5)19-8-12-21(13-9-19)36-26-24(31)14-15-25(30)32-26/h6-15,22-23H,16-17H2,1-5H3,(H,33,34). The van der Waals surface area contributed by atoms with Crippen molar-refractivity contribution in [3.63, 3.8) is 0 Å². The highest BCUT2D eigenvalue weighted by Gasteiger charge is 2.34. The van der Waals surface area contributed by atoms with Crippen LogP contribution in [0.5, 0.6) is 17.4 Å². The van der Waals surface area contributed by atoms with Gasteiger partial charge in [0.2, 0.25) is 0 Å². The second-order valence-electron chi connectivity index (χ2n) is 10.8. The van der Waals surface area contributed by atoms with Crippen LogP contribution in [0.2, 0.25) is 0 Å². The van der Waals surface area contributed by atoms with Crippen molar-refractivity contribution < 1.29 is 23.4 Å². The van der Waals surface area contributed by atoms with E-state index in [4.69, 9.17) is 14.2 Å². The van der Waals surface area contributed by atoms with Gasteiger partial charge in [-0.15, -0.1) is 0 Å². The minimum Gasteiger partial charge on any atom is -0.490 e. The molecule has 1 aliphatic carbocycles. The van der Waals surface area contributed by atoms with E-state index >= 15 is 0 Å². The molecule has 0 atom stereocenters. The lowest BCUT2D eigenvalue weighted by Gasteiger charge is -2.35. The van der Waals surface area contributed by atoms with Crippen LogP contribution >= 0.6 is 15.9 Å². The van der Waals surface area contributed by atoms with Crippen LogP contribution in [0.1, 0.15) is 58.6 Å². The Morgan fingerprint density at radius 1 is 0.892 bits per heavy atom. The number of rotatable bonds is 7. The van der Waals surface area contributed by atoms with Crippen molar-refractivity contribution in [2.45, 2.75) is 70.6 Å². The molecule has 0 radical (unpaired) electrons. The Labute approximate surface area is 225 Å². The van der Waals surface area contributed by atoms with Crippen LogP contribution in [0.3, 0.4) is 0 Å². The van der Waals surface area contributed by atoms with Gasteiger partial charge in [-0.1, -0.05) is 38.1 Å². The first-order chi connectivity index (χ1) is 17.4. The summed E-state index contributed by atoms with van der Waals surface area (Å²) >= 11 is 3.23. The van der Waals surface area contributed by atoms with E-state index in [-0.39, 0.29) is 35.1 Å². The Hall–Kier alpha value is -3.13. The predicted molar refractivity (Wildman–Crippen MR) is 144 cm³/mol. The lowest BCUT2D eigenvalue weighted by atomic mass is 9.78.